The lowest BCUT2D eigenvalue weighted by Crippen LogP contribution is -2.00. The van der Waals surface area contributed by atoms with E-state index in [9.17, 15) is 4.79 Å². The molecule has 0 atom stereocenters. The van der Waals surface area contributed by atoms with Crippen LogP contribution in [0.25, 0.3) is 11.0 Å². The number of anilines is 1. The molecule has 2 aromatic rings. The molecule has 1 aromatic carbocycles. The topological polar surface area (TPSA) is 76.5 Å². The molecule has 0 radical (unpaired) electrons. The normalized spacial score (nSPS) is 10.6. The molecule has 0 aliphatic carbocycles. The number of nitrogen functional groups attached to an aromatic ring is 1. The first-order valence-electron chi connectivity index (χ1n) is 4.14. The Morgan fingerprint density at radius 3 is 2.86 bits per heavy atom. The molecule has 72 valence electrons. The molecule has 2 rings (SSSR count). The Kier molecular flexibility index (Phi) is 1.98. The zero-order valence-electron chi connectivity index (χ0n) is 7.36. The summed E-state index contributed by atoms with van der Waals surface area (Å²) in [7, 11) is 0. The second kappa shape index (κ2) is 3.16. The summed E-state index contributed by atoms with van der Waals surface area (Å²) >= 11 is 0. The highest BCUT2D eigenvalue weighted by atomic mass is 16.4. The maximum absolute atomic E-state index is 11.1. The van der Waals surface area contributed by atoms with Crippen LogP contribution in [0.4, 0.5) is 5.69 Å². The first kappa shape index (κ1) is 8.77. The predicted molar refractivity (Wildman–Crippen MR) is 52.8 cm³/mol. The lowest BCUT2D eigenvalue weighted by atomic mass is 10.1. The summed E-state index contributed by atoms with van der Waals surface area (Å²) in [6.07, 6.45) is 0. The van der Waals surface area contributed by atoms with Crippen molar-refractivity contribution < 1.29 is 9.52 Å². The van der Waals surface area contributed by atoms with E-state index in [0.717, 1.165) is 0 Å². The summed E-state index contributed by atoms with van der Waals surface area (Å²) in [6, 6.07) is 6.26. The number of hydrogen-bond donors (Lipinski definition) is 2. The second-order valence-corrected chi connectivity index (χ2v) is 3.00. The van der Waals surface area contributed by atoms with Crippen LogP contribution in [0.2, 0.25) is 0 Å². The monoisotopic (exact) mass is 191 g/mol. The molecule has 0 saturated carbocycles. The third-order valence-corrected chi connectivity index (χ3v) is 2.02. The quantitative estimate of drug-likeness (QED) is 0.518. The van der Waals surface area contributed by atoms with Crippen LogP contribution in [-0.2, 0) is 6.61 Å². The minimum atomic E-state index is -0.479. The van der Waals surface area contributed by atoms with Crippen LogP contribution in [0.15, 0.2) is 33.5 Å². The fourth-order valence-electron chi connectivity index (χ4n) is 1.38. The van der Waals surface area contributed by atoms with Gasteiger partial charge in [0.05, 0.1) is 6.61 Å². The number of rotatable bonds is 1. The number of nitrogens with two attached hydrogens (primary N) is 1. The van der Waals surface area contributed by atoms with Crippen molar-refractivity contribution >= 4 is 16.7 Å². The highest BCUT2D eigenvalue weighted by Gasteiger charge is 2.04. The van der Waals surface area contributed by atoms with Gasteiger partial charge in [-0.25, -0.2) is 4.79 Å². The Morgan fingerprint density at radius 2 is 2.14 bits per heavy atom. The van der Waals surface area contributed by atoms with Crippen molar-refractivity contribution in [2.75, 3.05) is 5.73 Å². The average molecular weight is 191 g/mol. The largest absolute Gasteiger partial charge is 0.423 e. The van der Waals surface area contributed by atoms with E-state index < -0.39 is 5.63 Å². The highest BCUT2D eigenvalue weighted by molar-refractivity contribution is 5.82. The van der Waals surface area contributed by atoms with Crippen molar-refractivity contribution in [3.63, 3.8) is 0 Å². The van der Waals surface area contributed by atoms with Gasteiger partial charge >= 0.3 is 5.63 Å². The minimum Gasteiger partial charge on any atom is -0.423 e. The number of fused-ring (bicyclic) bond motifs is 1. The Labute approximate surface area is 79.6 Å². The van der Waals surface area contributed by atoms with Gasteiger partial charge in [0.25, 0.3) is 0 Å². The van der Waals surface area contributed by atoms with Crippen LogP contribution in [0.3, 0.4) is 0 Å². The molecule has 0 bridgehead atoms. The summed E-state index contributed by atoms with van der Waals surface area (Å²) < 4.78 is 4.94. The van der Waals surface area contributed by atoms with Gasteiger partial charge in [0, 0.05) is 23.2 Å². The van der Waals surface area contributed by atoms with Crippen LogP contribution >= 0.6 is 0 Å². The van der Waals surface area contributed by atoms with Gasteiger partial charge in [0.1, 0.15) is 5.58 Å². The smallest absolute Gasteiger partial charge is 0.336 e. The molecule has 0 aliphatic rings. The minimum absolute atomic E-state index is 0.188. The van der Waals surface area contributed by atoms with E-state index in [0.29, 0.717) is 22.2 Å². The van der Waals surface area contributed by atoms with Crippen molar-refractivity contribution in [2.45, 2.75) is 6.61 Å². The molecule has 0 fully saturated rings. The maximum atomic E-state index is 11.1. The molecule has 0 aliphatic heterocycles. The molecule has 4 nitrogen and oxygen atoms in total. The number of benzene rings is 1. The second-order valence-electron chi connectivity index (χ2n) is 3.00. The Hall–Kier alpha value is -1.81. The van der Waals surface area contributed by atoms with Crippen molar-refractivity contribution in [1.29, 1.82) is 0 Å². The summed E-state index contributed by atoms with van der Waals surface area (Å²) in [4.78, 5) is 11.1. The van der Waals surface area contributed by atoms with Crippen molar-refractivity contribution in [2.24, 2.45) is 0 Å². The number of aliphatic hydroxyl groups is 1. The van der Waals surface area contributed by atoms with Crippen LogP contribution in [0, 0.1) is 0 Å². The molecule has 14 heavy (non-hydrogen) atoms. The van der Waals surface area contributed by atoms with Crippen LogP contribution in [-0.4, -0.2) is 5.11 Å². The molecule has 3 N–H and O–H groups in total. The maximum Gasteiger partial charge on any atom is 0.336 e. The summed E-state index contributed by atoms with van der Waals surface area (Å²) in [5.41, 5.74) is 6.54. The van der Waals surface area contributed by atoms with Gasteiger partial charge in [-0.1, -0.05) is 0 Å². The molecule has 0 amide bonds. The van der Waals surface area contributed by atoms with Crippen LogP contribution < -0.4 is 11.4 Å². The van der Waals surface area contributed by atoms with Crippen molar-refractivity contribution in [3.05, 3.63) is 40.2 Å². The third kappa shape index (κ3) is 1.36. The molecule has 4 heteroatoms. The van der Waals surface area contributed by atoms with E-state index >= 15 is 0 Å². The Morgan fingerprint density at radius 1 is 1.36 bits per heavy atom. The zero-order chi connectivity index (χ0) is 10.1. The van der Waals surface area contributed by atoms with Gasteiger partial charge in [-0.15, -0.1) is 0 Å². The first-order chi connectivity index (χ1) is 6.70. The van der Waals surface area contributed by atoms with Crippen molar-refractivity contribution in [3.8, 4) is 0 Å². The van der Waals surface area contributed by atoms with Gasteiger partial charge in [0.15, 0.2) is 0 Å². The zero-order valence-corrected chi connectivity index (χ0v) is 7.36. The van der Waals surface area contributed by atoms with Gasteiger partial charge < -0.3 is 15.3 Å². The van der Waals surface area contributed by atoms with Gasteiger partial charge in [0.2, 0.25) is 0 Å². The molecule has 0 unspecified atom stereocenters. The van der Waals surface area contributed by atoms with Gasteiger partial charge in [-0.3, -0.25) is 0 Å². The number of hydrogen-bond acceptors (Lipinski definition) is 4. The summed E-state index contributed by atoms with van der Waals surface area (Å²) in [5, 5.41) is 9.73. The molecule has 0 saturated heterocycles. The SMILES string of the molecule is Nc1ccc2c(CO)cc(=O)oc2c1. The Balaban J connectivity index is 2.87. The average Bonchev–Trinajstić information content (AvgIpc) is 2.15. The molecular weight excluding hydrogens is 182 g/mol. The van der Waals surface area contributed by atoms with E-state index in [1.165, 1.54) is 6.07 Å². The third-order valence-electron chi connectivity index (χ3n) is 2.02. The van der Waals surface area contributed by atoms with Crippen LogP contribution in [0.5, 0.6) is 0 Å². The lowest BCUT2D eigenvalue weighted by molar-refractivity contribution is 0.282. The van der Waals surface area contributed by atoms with Gasteiger partial charge in [-0.2, -0.15) is 0 Å². The Bertz CT molecular complexity index is 530. The van der Waals surface area contributed by atoms with E-state index in [1.54, 1.807) is 18.2 Å². The molecular formula is C10H9NO3. The van der Waals surface area contributed by atoms with Crippen LogP contribution in [0.1, 0.15) is 5.56 Å². The fourth-order valence-corrected chi connectivity index (χ4v) is 1.38. The standard InChI is InChI=1S/C10H9NO3/c11-7-1-2-8-6(5-12)3-10(13)14-9(8)4-7/h1-4,12H,5,11H2. The van der Waals surface area contributed by atoms with E-state index in [2.05, 4.69) is 0 Å². The van der Waals surface area contributed by atoms with E-state index in [4.69, 9.17) is 15.3 Å². The lowest BCUT2D eigenvalue weighted by Gasteiger charge is -2.02. The summed E-state index contributed by atoms with van der Waals surface area (Å²) in [6.45, 7) is -0.188. The summed E-state index contributed by atoms with van der Waals surface area (Å²) in [5.74, 6) is 0. The predicted octanol–water partition coefficient (Wildman–Crippen LogP) is 0.867. The first-order valence-corrected chi connectivity index (χ1v) is 4.14. The van der Waals surface area contributed by atoms with E-state index in [1.807, 2.05) is 0 Å². The number of aliphatic hydroxyl groups excluding tert-OH is 1. The van der Waals surface area contributed by atoms with Gasteiger partial charge in [-0.05, 0) is 17.7 Å². The molecule has 0 spiro atoms. The highest BCUT2D eigenvalue weighted by Crippen LogP contribution is 2.19. The van der Waals surface area contributed by atoms with Crippen molar-refractivity contribution in [1.82, 2.24) is 0 Å². The fraction of sp³-hybridized carbons (Fsp3) is 0.100. The molecule has 1 aromatic heterocycles. The van der Waals surface area contributed by atoms with E-state index in [-0.39, 0.29) is 6.61 Å². The molecule has 1 heterocycles.